The van der Waals surface area contributed by atoms with E-state index in [9.17, 15) is 39.9 Å². The second kappa shape index (κ2) is 11.7. The molecular weight excluding hydrogens is 474 g/mol. The number of H-pyrrole nitrogens is 1. The highest BCUT2D eigenvalue weighted by atomic mass is 16.7. The first-order valence-electron chi connectivity index (χ1n) is 11.0. The zero-order chi connectivity index (χ0) is 25.9. The van der Waals surface area contributed by atoms with Gasteiger partial charge in [-0.3, -0.25) is 19.1 Å². The van der Waals surface area contributed by atoms with Crippen molar-refractivity contribution in [3.8, 4) is 0 Å². The van der Waals surface area contributed by atoms with E-state index < -0.39 is 78.5 Å². The second-order valence-electron chi connectivity index (χ2n) is 8.26. The van der Waals surface area contributed by atoms with E-state index in [0.29, 0.717) is 6.42 Å². The van der Waals surface area contributed by atoms with Crippen LogP contribution in [0.5, 0.6) is 0 Å². The fourth-order valence-corrected chi connectivity index (χ4v) is 4.04. The Morgan fingerprint density at radius 3 is 2.43 bits per heavy atom. The summed E-state index contributed by atoms with van der Waals surface area (Å²) in [5, 5.41) is 54.3. The average molecular weight is 505 g/mol. The standard InChI is InChI=1S/C19H31N5O11/c20-3-1-4-22-9(17(30)31)14(35-18-13(29)10(26)7(6-21)33-18)15-11(27)12(28)16(34-15)24-5-2-8(25)23-19(24)32/h2,5,7,9-16,18,22,26-29H,1,3-4,6,20-21H2,(H,30,31)(H,23,25,32)/t7-,9?,10-,11+,12-,13-,14?,15+,16-,18+/m1/s1. The third-order valence-corrected chi connectivity index (χ3v) is 5.91. The van der Waals surface area contributed by atoms with Gasteiger partial charge in [-0.25, -0.2) is 4.79 Å². The number of carboxylic acids is 1. The van der Waals surface area contributed by atoms with E-state index in [4.69, 9.17) is 25.7 Å². The number of aliphatic hydroxyl groups is 4. The molecule has 16 nitrogen and oxygen atoms in total. The molecule has 35 heavy (non-hydrogen) atoms. The summed E-state index contributed by atoms with van der Waals surface area (Å²) in [4.78, 5) is 37.7. The lowest BCUT2D eigenvalue weighted by molar-refractivity contribution is -0.228. The molecule has 0 amide bonds. The van der Waals surface area contributed by atoms with Crippen LogP contribution < -0.4 is 28.0 Å². The van der Waals surface area contributed by atoms with Crippen LogP contribution in [0.4, 0.5) is 0 Å². The molecule has 0 saturated carbocycles. The molecule has 3 heterocycles. The van der Waals surface area contributed by atoms with Gasteiger partial charge in [0.2, 0.25) is 0 Å². The number of aromatic amines is 1. The van der Waals surface area contributed by atoms with Crippen molar-refractivity contribution in [2.75, 3.05) is 19.6 Å². The largest absolute Gasteiger partial charge is 0.480 e. The molecule has 2 aliphatic rings. The molecule has 0 spiro atoms. The Bertz CT molecular complexity index is 973. The molecule has 1 aromatic heterocycles. The maximum absolute atomic E-state index is 12.2. The van der Waals surface area contributed by atoms with E-state index in [-0.39, 0.29) is 19.6 Å². The molecule has 16 heteroatoms. The number of carbonyl (C=O) groups is 1. The van der Waals surface area contributed by atoms with E-state index in [1.807, 2.05) is 4.98 Å². The highest BCUT2D eigenvalue weighted by Gasteiger charge is 2.53. The van der Waals surface area contributed by atoms with Crippen LogP contribution in [-0.2, 0) is 19.0 Å². The quantitative estimate of drug-likeness (QED) is 0.127. The Morgan fingerprint density at radius 2 is 1.86 bits per heavy atom. The van der Waals surface area contributed by atoms with Crippen molar-refractivity contribution in [1.29, 1.82) is 0 Å². The number of nitrogens with one attached hydrogen (secondary N) is 2. The van der Waals surface area contributed by atoms with Crippen LogP contribution in [0.1, 0.15) is 12.6 Å². The second-order valence-corrected chi connectivity index (χ2v) is 8.26. The molecule has 1 aromatic rings. The zero-order valence-electron chi connectivity index (χ0n) is 18.5. The smallest absolute Gasteiger partial charge is 0.330 e. The predicted octanol–water partition coefficient (Wildman–Crippen LogP) is -5.66. The Hall–Kier alpha value is -2.25. The highest BCUT2D eigenvalue weighted by Crippen LogP contribution is 2.34. The van der Waals surface area contributed by atoms with E-state index in [1.54, 1.807) is 0 Å². The zero-order valence-corrected chi connectivity index (χ0v) is 18.5. The lowest BCUT2D eigenvalue weighted by Gasteiger charge is -2.33. The summed E-state index contributed by atoms with van der Waals surface area (Å²) in [6.07, 6.45) is -12.3. The number of ether oxygens (including phenoxy) is 3. The van der Waals surface area contributed by atoms with Gasteiger partial charge in [0.05, 0.1) is 0 Å². The molecule has 11 N–H and O–H groups in total. The lowest BCUT2D eigenvalue weighted by Crippen LogP contribution is -2.57. The Labute approximate surface area is 198 Å². The molecule has 2 aliphatic heterocycles. The summed E-state index contributed by atoms with van der Waals surface area (Å²) in [5.41, 5.74) is 9.34. The van der Waals surface area contributed by atoms with Crippen molar-refractivity contribution in [2.24, 2.45) is 11.5 Å². The topological polar surface area (TPSA) is 265 Å². The molecule has 0 radical (unpaired) electrons. The molecule has 0 aromatic carbocycles. The van der Waals surface area contributed by atoms with Crippen molar-refractivity contribution in [3.63, 3.8) is 0 Å². The first-order chi connectivity index (χ1) is 16.6. The fourth-order valence-electron chi connectivity index (χ4n) is 4.04. The Balaban J connectivity index is 1.93. The minimum atomic E-state index is -1.77. The van der Waals surface area contributed by atoms with Gasteiger partial charge in [0.1, 0.15) is 48.8 Å². The fraction of sp³-hybridized carbons (Fsp3) is 0.737. The van der Waals surface area contributed by atoms with Crippen molar-refractivity contribution in [2.45, 2.75) is 67.7 Å². The van der Waals surface area contributed by atoms with Crippen molar-refractivity contribution >= 4 is 5.97 Å². The summed E-state index contributed by atoms with van der Waals surface area (Å²) in [5.74, 6) is -1.43. The van der Waals surface area contributed by atoms with Gasteiger partial charge >= 0.3 is 11.7 Å². The van der Waals surface area contributed by atoms with E-state index >= 15 is 0 Å². The summed E-state index contributed by atoms with van der Waals surface area (Å²) in [7, 11) is 0. The van der Waals surface area contributed by atoms with E-state index in [1.165, 1.54) is 0 Å². The number of aliphatic carboxylic acids is 1. The maximum Gasteiger partial charge on any atom is 0.330 e. The number of aromatic nitrogens is 2. The SMILES string of the molecule is NCCCNC(C(=O)O)C(O[C@@H]1O[C@H](CN)[C@@H](O)[C@H]1O)[C@H]1O[C@@H](n2ccc(=O)[nH]c2=O)[C@H](O)[C@@H]1O. The first-order valence-corrected chi connectivity index (χ1v) is 11.0. The van der Waals surface area contributed by atoms with Crippen LogP contribution in [0.3, 0.4) is 0 Å². The molecule has 2 unspecified atom stereocenters. The third-order valence-electron chi connectivity index (χ3n) is 5.91. The number of carboxylic acid groups (broad SMARTS) is 1. The van der Waals surface area contributed by atoms with E-state index in [2.05, 4.69) is 5.32 Å². The third kappa shape index (κ3) is 5.78. The molecule has 10 atom stereocenters. The van der Waals surface area contributed by atoms with Crippen molar-refractivity contribution in [1.82, 2.24) is 14.9 Å². The summed E-state index contributed by atoms with van der Waals surface area (Å²) in [6.45, 7) is 0.208. The maximum atomic E-state index is 12.2. The van der Waals surface area contributed by atoms with Gasteiger partial charge < -0.3 is 56.5 Å². The number of nitrogens with two attached hydrogens (primary N) is 2. The van der Waals surface area contributed by atoms with E-state index in [0.717, 1.165) is 16.8 Å². The molecule has 0 aliphatic carbocycles. The average Bonchev–Trinajstić information content (AvgIpc) is 3.25. The minimum Gasteiger partial charge on any atom is -0.480 e. The van der Waals surface area contributed by atoms with Crippen molar-refractivity contribution in [3.05, 3.63) is 33.1 Å². The number of aliphatic hydroxyl groups excluding tert-OH is 4. The number of nitrogens with zero attached hydrogens (tertiary/aromatic N) is 1. The summed E-state index contributed by atoms with van der Waals surface area (Å²) >= 11 is 0. The van der Waals surface area contributed by atoms with Gasteiger partial charge in [0.25, 0.3) is 5.56 Å². The normalized spacial score (nSPS) is 34.7. The molecule has 198 valence electrons. The number of rotatable bonds is 11. The monoisotopic (exact) mass is 505 g/mol. The van der Waals surface area contributed by atoms with Gasteiger partial charge in [-0.2, -0.15) is 0 Å². The highest BCUT2D eigenvalue weighted by molar-refractivity contribution is 5.74. The minimum absolute atomic E-state index is 0.129. The van der Waals surface area contributed by atoms with Crippen LogP contribution in [0.25, 0.3) is 0 Å². The summed E-state index contributed by atoms with van der Waals surface area (Å²) in [6, 6.07) is -0.569. The van der Waals surface area contributed by atoms with Gasteiger partial charge in [0.15, 0.2) is 12.5 Å². The van der Waals surface area contributed by atoms with Crippen LogP contribution in [-0.4, -0.2) is 116 Å². The molecular formula is C19H31N5O11. The number of hydrogen-bond donors (Lipinski definition) is 9. The van der Waals surface area contributed by atoms with Crippen molar-refractivity contribution < 1.29 is 44.5 Å². The molecule has 0 bridgehead atoms. The van der Waals surface area contributed by atoms with Crippen LogP contribution in [0, 0.1) is 0 Å². The lowest BCUT2D eigenvalue weighted by atomic mass is 9.98. The van der Waals surface area contributed by atoms with Crippen LogP contribution in [0.2, 0.25) is 0 Å². The first kappa shape index (κ1) is 27.3. The van der Waals surface area contributed by atoms with Crippen LogP contribution >= 0.6 is 0 Å². The van der Waals surface area contributed by atoms with Crippen LogP contribution in [0.15, 0.2) is 21.9 Å². The Morgan fingerprint density at radius 1 is 1.14 bits per heavy atom. The van der Waals surface area contributed by atoms with Gasteiger partial charge in [0, 0.05) is 18.8 Å². The predicted molar refractivity (Wildman–Crippen MR) is 115 cm³/mol. The molecule has 3 rings (SSSR count). The van der Waals surface area contributed by atoms with Gasteiger partial charge in [-0.1, -0.05) is 0 Å². The van der Waals surface area contributed by atoms with Gasteiger partial charge in [-0.05, 0) is 19.5 Å². The molecule has 2 fully saturated rings. The Kier molecular flexibility index (Phi) is 9.11. The summed E-state index contributed by atoms with van der Waals surface area (Å²) < 4.78 is 17.6. The van der Waals surface area contributed by atoms with Gasteiger partial charge in [-0.15, -0.1) is 0 Å². The molecule has 2 saturated heterocycles. The number of hydrogen-bond acceptors (Lipinski definition) is 13.